The third-order valence-electron chi connectivity index (χ3n) is 3.29. The summed E-state index contributed by atoms with van der Waals surface area (Å²) in [5.74, 6) is -0.481. The van der Waals surface area contributed by atoms with Crippen molar-refractivity contribution in [2.24, 2.45) is 0 Å². The van der Waals surface area contributed by atoms with Crippen molar-refractivity contribution in [3.63, 3.8) is 0 Å². The first kappa shape index (κ1) is 14.8. The Balaban J connectivity index is 2.04. The lowest BCUT2D eigenvalue weighted by molar-refractivity contribution is -0.142. The number of esters is 1. The van der Waals surface area contributed by atoms with Crippen LogP contribution in [0.25, 0.3) is 0 Å². The fraction of sp³-hybridized carbons (Fsp3) is 0.312. The standard InChI is InChI=1S/C16H19NO2S/c1-12(15-9-6-10-20-15)17-11-14(16(18)19-2)13-7-4-3-5-8-13/h3-10,12,14,17H,11H2,1-2H3. The van der Waals surface area contributed by atoms with Crippen molar-refractivity contribution in [1.82, 2.24) is 5.32 Å². The zero-order valence-corrected chi connectivity index (χ0v) is 12.5. The number of benzene rings is 1. The molecule has 0 saturated heterocycles. The lowest BCUT2D eigenvalue weighted by Crippen LogP contribution is -2.29. The van der Waals surface area contributed by atoms with Gasteiger partial charge in [-0.25, -0.2) is 0 Å². The van der Waals surface area contributed by atoms with Crippen LogP contribution in [0.4, 0.5) is 0 Å². The van der Waals surface area contributed by atoms with Crippen molar-refractivity contribution in [2.75, 3.05) is 13.7 Å². The van der Waals surface area contributed by atoms with E-state index in [2.05, 4.69) is 23.7 Å². The summed E-state index contributed by atoms with van der Waals surface area (Å²) >= 11 is 1.71. The topological polar surface area (TPSA) is 38.3 Å². The number of thiophene rings is 1. The molecule has 2 atom stereocenters. The maximum Gasteiger partial charge on any atom is 0.314 e. The van der Waals surface area contributed by atoms with Crippen LogP contribution >= 0.6 is 11.3 Å². The van der Waals surface area contributed by atoms with Crippen LogP contribution in [0.2, 0.25) is 0 Å². The molecule has 0 saturated carbocycles. The highest BCUT2D eigenvalue weighted by Gasteiger charge is 2.22. The quantitative estimate of drug-likeness (QED) is 0.829. The summed E-state index contributed by atoms with van der Waals surface area (Å²) in [4.78, 5) is 13.2. The molecule has 0 aliphatic carbocycles. The zero-order chi connectivity index (χ0) is 14.4. The van der Waals surface area contributed by atoms with Crippen molar-refractivity contribution in [3.8, 4) is 0 Å². The van der Waals surface area contributed by atoms with Crippen molar-refractivity contribution < 1.29 is 9.53 Å². The van der Waals surface area contributed by atoms with Crippen LogP contribution in [0.1, 0.15) is 29.3 Å². The Bertz CT molecular complexity index is 525. The fourth-order valence-corrected chi connectivity index (χ4v) is 2.86. The fourth-order valence-electron chi connectivity index (χ4n) is 2.10. The van der Waals surface area contributed by atoms with E-state index in [9.17, 15) is 4.79 Å². The van der Waals surface area contributed by atoms with E-state index >= 15 is 0 Å². The van der Waals surface area contributed by atoms with Gasteiger partial charge in [0.05, 0.1) is 13.0 Å². The first-order chi connectivity index (χ1) is 9.72. The maximum absolute atomic E-state index is 12.0. The minimum absolute atomic E-state index is 0.206. The SMILES string of the molecule is COC(=O)C(CNC(C)c1cccs1)c1ccccc1. The van der Waals surface area contributed by atoms with Gasteiger partial charge in [-0.1, -0.05) is 36.4 Å². The summed E-state index contributed by atoms with van der Waals surface area (Å²) in [7, 11) is 1.43. The average molecular weight is 289 g/mol. The van der Waals surface area contributed by atoms with E-state index in [1.165, 1.54) is 12.0 Å². The number of methoxy groups -OCH3 is 1. The van der Waals surface area contributed by atoms with Crippen LogP contribution < -0.4 is 5.32 Å². The highest BCUT2D eigenvalue weighted by Crippen LogP contribution is 2.21. The van der Waals surface area contributed by atoms with E-state index in [0.717, 1.165) is 5.56 Å². The zero-order valence-electron chi connectivity index (χ0n) is 11.7. The molecule has 1 N–H and O–H groups in total. The maximum atomic E-state index is 12.0. The van der Waals surface area contributed by atoms with Crippen molar-refractivity contribution in [2.45, 2.75) is 18.9 Å². The van der Waals surface area contributed by atoms with Crippen LogP contribution in [0.15, 0.2) is 47.8 Å². The molecule has 1 aromatic heterocycles. The second kappa shape index (κ2) is 7.22. The van der Waals surface area contributed by atoms with Crippen molar-refractivity contribution in [1.29, 1.82) is 0 Å². The van der Waals surface area contributed by atoms with Gasteiger partial charge in [0.25, 0.3) is 0 Å². The van der Waals surface area contributed by atoms with Crippen LogP contribution in [0.3, 0.4) is 0 Å². The lowest BCUT2D eigenvalue weighted by atomic mass is 9.99. The Labute approximate surface area is 123 Å². The lowest BCUT2D eigenvalue weighted by Gasteiger charge is -2.19. The number of carbonyl (C=O) groups excluding carboxylic acids is 1. The Kier molecular flexibility index (Phi) is 5.32. The smallest absolute Gasteiger partial charge is 0.314 e. The molecule has 106 valence electrons. The van der Waals surface area contributed by atoms with Gasteiger partial charge in [-0.3, -0.25) is 4.79 Å². The number of hydrogen-bond acceptors (Lipinski definition) is 4. The molecular formula is C16H19NO2S. The number of ether oxygens (including phenoxy) is 1. The minimum atomic E-state index is -0.274. The van der Waals surface area contributed by atoms with Gasteiger partial charge >= 0.3 is 5.97 Å². The molecule has 20 heavy (non-hydrogen) atoms. The van der Waals surface area contributed by atoms with E-state index in [0.29, 0.717) is 6.54 Å². The Morgan fingerprint density at radius 3 is 2.60 bits per heavy atom. The van der Waals surface area contributed by atoms with Gasteiger partial charge in [0.15, 0.2) is 0 Å². The second-order valence-electron chi connectivity index (χ2n) is 4.63. The number of hydrogen-bond donors (Lipinski definition) is 1. The molecule has 0 aliphatic rings. The summed E-state index contributed by atoms with van der Waals surface area (Å²) in [6.45, 7) is 2.67. The van der Waals surface area contributed by atoms with Crippen LogP contribution in [-0.4, -0.2) is 19.6 Å². The summed E-state index contributed by atoms with van der Waals surface area (Å²) in [6, 6.07) is 14.1. The van der Waals surface area contributed by atoms with Crippen molar-refractivity contribution in [3.05, 3.63) is 58.3 Å². The van der Waals surface area contributed by atoms with Gasteiger partial charge in [0.1, 0.15) is 0 Å². The van der Waals surface area contributed by atoms with Gasteiger partial charge in [-0.2, -0.15) is 0 Å². The highest BCUT2D eigenvalue weighted by atomic mass is 32.1. The summed E-state index contributed by atoms with van der Waals surface area (Å²) in [5, 5.41) is 5.47. The van der Waals surface area contributed by atoms with E-state index in [1.54, 1.807) is 11.3 Å². The number of nitrogens with one attached hydrogen (secondary N) is 1. The molecule has 4 heteroatoms. The highest BCUT2D eigenvalue weighted by molar-refractivity contribution is 7.10. The summed E-state index contributed by atoms with van der Waals surface area (Å²) < 4.78 is 4.91. The molecule has 2 aromatic rings. The second-order valence-corrected chi connectivity index (χ2v) is 5.61. The molecule has 0 bridgehead atoms. The predicted octanol–water partition coefficient (Wildman–Crippen LogP) is 3.36. The van der Waals surface area contributed by atoms with Gasteiger partial charge < -0.3 is 10.1 Å². The summed E-state index contributed by atoms with van der Waals surface area (Å²) in [6.07, 6.45) is 0. The Morgan fingerprint density at radius 1 is 1.25 bits per heavy atom. The minimum Gasteiger partial charge on any atom is -0.469 e. The van der Waals surface area contributed by atoms with E-state index in [4.69, 9.17) is 4.74 Å². The largest absolute Gasteiger partial charge is 0.469 e. The number of carbonyl (C=O) groups is 1. The van der Waals surface area contributed by atoms with Crippen molar-refractivity contribution >= 4 is 17.3 Å². The predicted molar refractivity (Wildman–Crippen MR) is 81.9 cm³/mol. The molecule has 0 spiro atoms. The van der Waals surface area contributed by atoms with E-state index in [-0.39, 0.29) is 17.9 Å². The molecule has 0 aliphatic heterocycles. The molecule has 0 amide bonds. The van der Waals surface area contributed by atoms with Gasteiger partial charge in [-0.05, 0) is 23.9 Å². The molecule has 2 rings (SSSR count). The molecule has 1 aromatic carbocycles. The van der Waals surface area contributed by atoms with Gasteiger partial charge in [0.2, 0.25) is 0 Å². The average Bonchev–Trinajstić information content (AvgIpc) is 3.02. The van der Waals surface area contributed by atoms with E-state index in [1.807, 2.05) is 36.4 Å². The molecule has 2 unspecified atom stereocenters. The van der Waals surface area contributed by atoms with Gasteiger partial charge in [-0.15, -0.1) is 11.3 Å². The third kappa shape index (κ3) is 3.68. The van der Waals surface area contributed by atoms with Crippen LogP contribution in [0.5, 0.6) is 0 Å². The van der Waals surface area contributed by atoms with Crippen LogP contribution in [-0.2, 0) is 9.53 Å². The number of rotatable bonds is 6. The van der Waals surface area contributed by atoms with E-state index < -0.39 is 0 Å². The monoisotopic (exact) mass is 289 g/mol. The third-order valence-corrected chi connectivity index (χ3v) is 4.34. The van der Waals surface area contributed by atoms with Crippen LogP contribution in [0, 0.1) is 0 Å². The molecule has 1 heterocycles. The Hall–Kier alpha value is -1.65. The van der Waals surface area contributed by atoms with Gasteiger partial charge in [0, 0.05) is 17.5 Å². The first-order valence-electron chi connectivity index (χ1n) is 6.62. The first-order valence-corrected chi connectivity index (χ1v) is 7.50. The normalized spacial score (nSPS) is 13.7. The molecule has 0 radical (unpaired) electrons. The summed E-state index contributed by atoms with van der Waals surface area (Å²) in [5.41, 5.74) is 0.977. The molecule has 0 fully saturated rings. The molecular weight excluding hydrogens is 270 g/mol. The Morgan fingerprint density at radius 2 is 2.00 bits per heavy atom. The molecule has 3 nitrogen and oxygen atoms in total.